The fourth-order valence-corrected chi connectivity index (χ4v) is 7.06. The number of amides is 1. The van der Waals surface area contributed by atoms with E-state index in [4.69, 9.17) is 4.74 Å². The van der Waals surface area contributed by atoms with Gasteiger partial charge in [0.2, 0.25) is 10.0 Å². The van der Waals surface area contributed by atoms with Gasteiger partial charge in [-0.15, -0.1) is 0 Å². The van der Waals surface area contributed by atoms with Crippen LogP contribution in [0.15, 0.2) is 77.7 Å². The van der Waals surface area contributed by atoms with Crippen molar-refractivity contribution in [3.63, 3.8) is 0 Å². The average Bonchev–Trinajstić information content (AvgIpc) is 2.89. The first-order valence-electron chi connectivity index (χ1n) is 11.6. The molecule has 0 spiro atoms. The van der Waals surface area contributed by atoms with Gasteiger partial charge in [0.05, 0.1) is 12.0 Å². The van der Waals surface area contributed by atoms with Gasteiger partial charge < -0.3 is 15.0 Å². The average molecular weight is 492 g/mol. The van der Waals surface area contributed by atoms with Crippen molar-refractivity contribution in [2.24, 2.45) is 0 Å². The molecule has 3 aromatic rings. The Bertz CT molecular complexity index is 1330. The van der Waals surface area contributed by atoms with Crippen LogP contribution < -0.4 is 10.1 Å². The molecule has 8 heteroatoms. The summed E-state index contributed by atoms with van der Waals surface area (Å²) in [5.41, 5.74) is 3.88. The van der Waals surface area contributed by atoms with Crippen molar-refractivity contribution < 1.29 is 17.9 Å². The van der Waals surface area contributed by atoms with E-state index in [-0.39, 0.29) is 28.8 Å². The summed E-state index contributed by atoms with van der Waals surface area (Å²) in [7, 11) is 1.39. The minimum atomic E-state index is -3.62. The Morgan fingerprint density at radius 2 is 1.54 bits per heavy atom. The summed E-state index contributed by atoms with van der Waals surface area (Å²) in [6.45, 7) is 1.24. The Balaban J connectivity index is 1.36. The first-order valence-corrected chi connectivity index (χ1v) is 13.1. The monoisotopic (exact) mass is 491 g/mol. The molecule has 182 valence electrons. The number of carbonyl (C=O) groups is 1. The number of sulfonamides is 1. The number of hydrogen-bond acceptors (Lipinski definition) is 5. The standard InChI is InChI=1S/C27H29N3O4S/c1-29(2)27(31)21-13-9-19(10-14-21)18-7-11-20(12-8-18)26-24-16-28-17-25(26)30(24)35(32,33)23-6-4-5-22(15-23)34-3/h4-15,24-26,28H,16-17H2,1-3H3/t24-,25+,26?. The van der Waals surface area contributed by atoms with E-state index in [9.17, 15) is 13.2 Å². The Hall–Kier alpha value is -3.20. The Morgan fingerprint density at radius 1 is 0.943 bits per heavy atom. The van der Waals surface area contributed by atoms with E-state index in [1.54, 1.807) is 47.6 Å². The van der Waals surface area contributed by atoms with Gasteiger partial charge in [-0.1, -0.05) is 42.5 Å². The number of hydrogen-bond donors (Lipinski definition) is 1. The van der Waals surface area contributed by atoms with Gasteiger partial charge in [0, 0.05) is 56.8 Å². The van der Waals surface area contributed by atoms with E-state index in [0.29, 0.717) is 24.4 Å². The maximum atomic E-state index is 13.4. The highest BCUT2D eigenvalue weighted by molar-refractivity contribution is 7.89. The highest BCUT2D eigenvalue weighted by atomic mass is 32.2. The van der Waals surface area contributed by atoms with Gasteiger partial charge in [-0.2, -0.15) is 4.31 Å². The molecule has 2 bridgehead atoms. The van der Waals surface area contributed by atoms with Crippen LogP contribution in [0.2, 0.25) is 0 Å². The van der Waals surface area contributed by atoms with Crippen molar-refractivity contribution in [3.8, 4) is 16.9 Å². The molecular weight excluding hydrogens is 462 g/mol. The molecule has 35 heavy (non-hydrogen) atoms. The smallest absolute Gasteiger partial charge is 0.253 e. The van der Waals surface area contributed by atoms with Gasteiger partial charge in [-0.25, -0.2) is 8.42 Å². The molecule has 2 aliphatic heterocycles. The van der Waals surface area contributed by atoms with Crippen LogP contribution in [0.25, 0.3) is 11.1 Å². The van der Waals surface area contributed by atoms with Gasteiger partial charge in [0.1, 0.15) is 5.75 Å². The van der Waals surface area contributed by atoms with Crippen LogP contribution in [0.4, 0.5) is 0 Å². The van der Waals surface area contributed by atoms with Gasteiger partial charge >= 0.3 is 0 Å². The molecule has 2 saturated heterocycles. The van der Waals surface area contributed by atoms with Crippen molar-refractivity contribution >= 4 is 15.9 Å². The molecule has 0 radical (unpaired) electrons. The number of nitrogens with one attached hydrogen (secondary N) is 1. The quantitative estimate of drug-likeness (QED) is 0.573. The molecule has 3 aromatic carbocycles. The zero-order chi connectivity index (χ0) is 24.7. The molecule has 1 unspecified atom stereocenters. The lowest BCUT2D eigenvalue weighted by molar-refractivity contribution is 0.0370. The van der Waals surface area contributed by atoms with Gasteiger partial charge in [-0.05, 0) is 41.0 Å². The van der Waals surface area contributed by atoms with E-state index >= 15 is 0 Å². The maximum absolute atomic E-state index is 13.4. The van der Waals surface area contributed by atoms with Gasteiger partial charge in [0.25, 0.3) is 5.91 Å². The maximum Gasteiger partial charge on any atom is 0.253 e. The third-order valence-electron chi connectivity index (χ3n) is 6.97. The van der Waals surface area contributed by atoms with Crippen LogP contribution >= 0.6 is 0 Å². The van der Waals surface area contributed by atoms with E-state index in [0.717, 1.165) is 16.7 Å². The number of carbonyl (C=O) groups excluding carboxylic acids is 1. The van der Waals surface area contributed by atoms with E-state index in [1.807, 2.05) is 24.3 Å². The van der Waals surface area contributed by atoms with Crippen LogP contribution in [-0.4, -0.2) is 69.9 Å². The second kappa shape index (κ2) is 9.11. The van der Waals surface area contributed by atoms with Crippen molar-refractivity contribution in [2.75, 3.05) is 34.3 Å². The lowest BCUT2D eigenvalue weighted by Crippen LogP contribution is -2.73. The molecule has 2 fully saturated rings. The largest absolute Gasteiger partial charge is 0.497 e. The number of benzene rings is 3. The third kappa shape index (κ3) is 4.11. The summed E-state index contributed by atoms with van der Waals surface area (Å²) in [5, 5.41) is 3.36. The van der Waals surface area contributed by atoms with E-state index in [1.165, 1.54) is 7.11 Å². The first kappa shape index (κ1) is 23.5. The van der Waals surface area contributed by atoms with Crippen LogP contribution in [-0.2, 0) is 10.0 Å². The minimum absolute atomic E-state index is 0.0227. The molecule has 1 amide bonds. The predicted molar refractivity (Wildman–Crippen MR) is 135 cm³/mol. The van der Waals surface area contributed by atoms with E-state index < -0.39 is 10.0 Å². The SMILES string of the molecule is COc1cccc(S(=O)(=O)N2[C@@H]3CNC[C@H]2C3c2ccc(-c3ccc(C(=O)N(C)C)cc3)cc2)c1. The highest BCUT2D eigenvalue weighted by Gasteiger charge is 2.56. The zero-order valence-electron chi connectivity index (χ0n) is 20.0. The highest BCUT2D eigenvalue weighted by Crippen LogP contribution is 2.46. The Kier molecular flexibility index (Phi) is 6.13. The van der Waals surface area contributed by atoms with Crippen LogP contribution in [0.5, 0.6) is 5.75 Å². The lowest BCUT2D eigenvalue weighted by Gasteiger charge is -2.57. The van der Waals surface area contributed by atoms with Crippen LogP contribution in [0.1, 0.15) is 21.8 Å². The number of ether oxygens (including phenoxy) is 1. The molecule has 0 saturated carbocycles. The van der Waals surface area contributed by atoms with Crippen molar-refractivity contribution in [2.45, 2.75) is 22.9 Å². The molecule has 1 N–H and O–H groups in total. The number of rotatable bonds is 6. The summed E-state index contributed by atoms with van der Waals surface area (Å²) in [6, 6.07) is 22.3. The van der Waals surface area contributed by atoms with Crippen molar-refractivity contribution in [1.82, 2.24) is 14.5 Å². The zero-order valence-corrected chi connectivity index (χ0v) is 20.8. The van der Waals surface area contributed by atoms with E-state index in [2.05, 4.69) is 29.6 Å². The summed E-state index contributed by atoms with van der Waals surface area (Å²) in [5.74, 6) is 0.650. The summed E-state index contributed by atoms with van der Waals surface area (Å²) in [4.78, 5) is 14.0. The number of methoxy groups -OCH3 is 1. The Labute approximate surface area is 206 Å². The van der Waals surface area contributed by atoms with Crippen LogP contribution in [0, 0.1) is 0 Å². The van der Waals surface area contributed by atoms with Crippen molar-refractivity contribution in [1.29, 1.82) is 0 Å². The molecule has 5 rings (SSSR count). The van der Waals surface area contributed by atoms with Gasteiger partial charge in [-0.3, -0.25) is 4.79 Å². The molecule has 0 aromatic heterocycles. The Morgan fingerprint density at radius 3 is 2.11 bits per heavy atom. The fraction of sp³-hybridized carbons (Fsp3) is 0.296. The molecule has 2 heterocycles. The second-order valence-corrected chi connectivity index (χ2v) is 11.1. The summed E-state index contributed by atoms with van der Waals surface area (Å²) in [6.07, 6.45) is 0. The topological polar surface area (TPSA) is 79.0 Å². The predicted octanol–water partition coefficient (Wildman–Crippen LogP) is 3.19. The normalized spacial score (nSPS) is 21.7. The minimum Gasteiger partial charge on any atom is -0.497 e. The van der Waals surface area contributed by atoms with Crippen molar-refractivity contribution in [3.05, 3.63) is 83.9 Å². The van der Waals surface area contributed by atoms with Crippen LogP contribution in [0.3, 0.4) is 0 Å². The van der Waals surface area contributed by atoms with Gasteiger partial charge in [0.15, 0.2) is 0 Å². The second-order valence-electron chi connectivity index (χ2n) is 9.23. The molecule has 7 nitrogen and oxygen atoms in total. The number of fused-ring (bicyclic) bond motifs is 2. The lowest BCUT2D eigenvalue weighted by atomic mass is 9.74. The molecule has 0 aliphatic carbocycles. The fourth-order valence-electron chi connectivity index (χ4n) is 5.18. The number of piperidine rings is 1. The number of piperazine rings is 1. The molecular formula is C27H29N3O4S. The summed E-state index contributed by atoms with van der Waals surface area (Å²) < 4.78 is 33.8. The summed E-state index contributed by atoms with van der Waals surface area (Å²) >= 11 is 0. The third-order valence-corrected chi connectivity index (χ3v) is 8.92. The molecule has 3 atom stereocenters. The molecule has 2 aliphatic rings. The first-order chi connectivity index (χ1) is 16.8. The number of nitrogens with zero attached hydrogens (tertiary/aromatic N) is 2.